The lowest BCUT2D eigenvalue weighted by molar-refractivity contribution is -0.124. The molecule has 0 spiro atoms. The van der Waals surface area contributed by atoms with E-state index in [1.165, 1.54) is 32.4 Å². The highest BCUT2D eigenvalue weighted by Crippen LogP contribution is 2.48. The van der Waals surface area contributed by atoms with Crippen LogP contribution in [-0.2, 0) is 4.79 Å². The van der Waals surface area contributed by atoms with Gasteiger partial charge in [0.2, 0.25) is 11.7 Å². The Hall–Kier alpha value is -3.87. The van der Waals surface area contributed by atoms with Gasteiger partial charge in [-0.2, -0.15) is 4.98 Å². The predicted octanol–water partition coefficient (Wildman–Crippen LogP) is 5.51. The van der Waals surface area contributed by atoms with Crippen LogP contribution in [0.15, 0.2) is 76.5 Å². The molecule has 35 heavy (non-hydrogen) atoms. The van der Waals surface area contributed by atoms with E-state index in [2.05, 4.69) is 30.1 Å². The first-order valence-electron chi connectivity index (χ1n) is 10.4. The van der Waals surface area contributed by atoms with Gasteiger partial charge in [-0.15, -0.1) is 0 Å². The van der Waals surface area contributed by atoms with Crippen LogP contribution in [0.4, 0.5) is 15.8 Å². The number of hydrogen-bond acceptors (Lipinski definition) is 9. The van der Waals surface area contributed by atoms with Gasteiger partial charge in [0.1, 0.15) is 12.4 Å². The van der Waals surface area contributed by atoms with Crippen molar-refractivity contribution in [3.8, 4) is 23.0 Å². The van der Waals surface area contributed by atoms with E-state index in [4.69, 9.17) is 4.52 Å². The molecule has 0 atom stereocenters. The van der Waals surface area contributed by atoms with Crippen LogP contribution in [0.3, 0.4) is 0 Å². The van der Waals surface area contributed by atoms with Crippen molar-refractivity contribution in [2.24, 2.45) is 5.41 Å². The van der Waals surface area contributed by atoms with Crippen LogP contribution in [0.25, 0.3) is 23.0 Å². The SMILES string of the molecule is CC(C)(CF)C(=O)Nc1ccc(NS(O)(O)c2cccc(-c3noc(-c4cnccn4)n3)c2)cc1.[HH]. The van der Waals surface area contributed by atoms with E-state index in [9.17, 15) is 18.3 Å². The van der Waals surface area contributed by atoms with Gasteiger partial charge in [-0.05, 0) is 50.2 Å². The van der Waals surface area contributed by atoms with Gasteiger partial charge >= 0.3 is 0 Å². The summed E-state index contributed by atoms with van der Waals surface area (Å²) in [6.45, 7) is 2.23. The first kappa shape index (κ1) is 24.3. The van der Waals surface area contributed by atoms with Crippen molar-refractivity contribution in [3.05, 3.63) is 67.1 Å². The van der Waals surface area contributed by atoms with Gasteiger partial charge in [-0.25, -0.2) is 9.37 Å². The fourth-order valence-electron chi connectivity index (χ4n) is 2.87. The molecule has 4 rings (SSSR count). The largest absolute Gasteiger partial charge is 0.332 e. The summed E-state index contributed by atoms with van der Waals surface area (Å²) < 4.78 is 42.5. The molecule has 2 aromatic heterocycles. The molecule has 4 N–H and O–H groups in total. The van der Waals surface area contributed by atoms with Crippen molar-refractivity contribution < 1.29 is 24.2 Å². The average Bonchev–Trinajstić information content (AvgIpc) is 3.36. The van der Waals surface area contributed by atoms with Gasteiger partial charge in [-0.3, -0.25) is 23.6 Å². The standard InChI is InChI=1S/C23H23FN6O4S.H2/c1-23(2,14-24)22(31)27-16-6-8-17(9-7-16)30-35(32,33)18-5-3-4-15(12-18)20-28-21(34-29-20)19-13-25-10-11-26-19;/h3-13,30,32-33H,14H2,1-2H3,(H,27,31);1H. The summed E-state index contributed by atoms with van der Waals surface area (Å²) in [5, 5.41) is 6.58. The number of amides is 1. The van der Waals surface area contributed by atoms with Crippen molar-refractivity contribution in [2.45, 2.75) is 18.7 Å². The summed E-state index contributed by atoms with van der Waals surface area (Å²) in [5.41, 5.74) is 0.642. The molecule has 0 unspecified atom stereocenters. The fraction of sp³-hybridized carbons (Fsp3) is 0.174. The summed E-state index contributed by atoms with van der Waals surface area (Å²) in [6, 6.07) is 12.8. The maximum Gasteiger partial charge on any atom is 0.278 e. The van der Waals surface area contributed by atoms with Gasteiger partial charge in [-0.1, -0.05) is 28.1 Å². The molecule has 12 heteroatoms. The number of hydrogen-bond donors (Lipinski definition) is 4. The quantitative estimate of drug-likeness (QED) is 0.246. The Morgan fingerprint density at radius 2 is 1.89 bits per heavy atom. The lowest BCUT2D eigenvalue weighted by Crippen LogP contribution is -2.32. The molecular weight excluding hydrogens is 475 g/mol. The average molecular weight is 501 g/mol. The summed E-state index contributed by atoms with van der Waals surface area (Å²) in [4.78, 5) is 24.7. The zero-order chi connectivity index (χ0) is 25.1. The summed E-state index contributed by atoms with van der Waals surface area (Å²) >= 11 is 0. The molecule has 4 aromatic rings. The zero-order valence-electron chi connectivity index (χ0n) is 18.8. The van der Waals surface area contributed by atoms with Crippen LogP contribution in [0.5, 0.6) is 0 Å². The van der Waals surface area contributed by atoms with Crippen molar-refractivity contribution in [3.63, 3.8) is 0 Å². The second kappa shape index (κ2) is 9.78. The molecule has 0 bridgehead atoms. The van der Waals surface area contributed by atoms with Gasteiger partial charge < -0.3 is 9.84 Å². The summed E-state index contributed by atoms with van der Waals surface area (Å²) in [7, 11) is -3.45. The third kappa shape index (κ3) is 5.62. The lowest BCUT2D eigenvalue weighted by Gasteiger charge is -2.34. The van der Waals surface area contributed by atoms with Crippen LogP contribution in [-0.4, -0.2) is 41.8 Å². The van der Waals surface area contributed by atoms with E-state index >= 15 is 0 Å². The minimum absolute atomic E-state index is 0. The smallest absolute Gasteiger partial charge is 0.278 e. The molecule has 2 heterocycles. The number of anilines is 2. The minimum atomic E-state index is -3.45. The fourth-order valence-corrected chi connectivity index (χ4v) is 4.01. The predicted molar refractivity (Wildman–Crippen MR) is 132 cm³/mol. The highest BCUT2D eigenvalue weighted by atomic mass is 32.3. The number of halogens is 1. The third-order valence-electron chi connectivity index (χ3n) is 4.98. The molecule has 0 aliphatic carbocycles. The number of carbonyl (C=O) groups is 1. The third-order valence-corrected chi connectivity index (χ3v) is 6.41. The number of benzene rings is 2. The van der Waals surface area contributed by atoms with Crippen molar-refractivity contribution >= 4 is 28.1 Å². The Kier molecular flexibility index (Phi) is 6.78. The van der Waals surface area contributed by atoms with Crippen LogP contribution in [0.2, 0.25) is 0 Å². The molecule has 0 aliphatic rings. The van der Waals surface area contributed by atoms with Crippen LogP contribution >= 0.6 is 10.8 Å². The number of nitrogens with one attached hydrogen (secondary N) is 2. The molecule has 2 aromatic carbocycles. The number of aromatic nitrogens is 4. The molecule has 10 nitrogen and oxygen atoms in total. The van der Waals surface area contributed by atoms with Crippen molar-refractivity contribution in [1.82, 2.24) is 20.1 Å². The second-order valence-electron chi connectivity index (χ2n) is 8.24. The van der Waals surface area contributed by atoms with E-state index in [0.29, 0.717) is 22.6 Å². The number of rotatable bonds is 8. The molecule has 0 saturated heterocycles. The number of alkyl halides is 1. The Labute approximate surface area is 203 Å². The topological polar surface area (TPSA) is 146 Å². The van der Waals surface area contributed by atoms with E-state index in [1.807, 2.05) is 0 Å². The molecule has 0 radical (unpaired) electrons. The Bertz CT molecular complexity index is 1320. The normalized spacial score (nSPS) is 12.3. The molecule has 1 amide bonds. The highest BCUT2D eigenvalue weighted by molar-refractivity contribution is 8.25. The zero-order valence-corrected chi connectivity index (χ0v) is 19.7. The van der Waals surface area contributed by atoms with Gasteiger partial charge in [0.25, 0.3) is 5.89 Å². The van der Waals surface area contributed by atoms with Gasteiger partial charge in [0.15, 0.2) is 0 Å². The van der Waals surface area contributed by atoms with E-state index in [0.717, 1.165) is 0 Å². The maximum absolute atomic E-state index is 13.0. The van der Waals surface area contributed by atoms with E-state index in [-0.39, 0.29) is 18.0 Å². The van der Waals surface area contributed by atoms with Crippen molar-refractivity contribution in [1.29, 1.82) is 0 Å². The monoisotopic (exact) mass is 500 g/mol. The van der Waals surface area contributed by atoms with Crippen LogP contribution in [0, 0.1) is 5.41 Å². The van der Waals surface area contributed by atoms with E-state index in [1.54, 1.807) is 48.5 Å². The molecule has 0 aliphatic heterocycles. The first-order chi connectivity index (χ1) is 16.7. The molecule has 0 fully saturated rings. The molecule has 184 valence electrons. The molecular formula is C23H25FN6O4S. The number of nitrogens with zero attached hydrogens (tertiary/aromatic N) is 4. The summed E-state index contributed by atoms with van der Waals surface area (Å²) in [5.74, 6) is -0.0185. The Morgan fingerprint density at radius 3 is 2.57 bits per heavy atom. The number of carbonyl (C=O) groups excluding carboxylic acids is 1. The van der Waals surface area contributed by atoms with Crippen LogP contribution < -0.4 is 10.0 Å². The Balaban J connectivity index is 0.00000361. The highest BCUT2D eigenvalue weighted by Gasteiger charge is 2.27. The second-order valence-corrected chi connectivity index (χ2v) is 10.0. The van der Waals surface area contributed by atoms with Crippen molar-refractivity contribution in [2.75, 3.05) is 16.7 Å². The minimum Gasteiger partial charge on any atom is -0.332 e. The molecule has 0 saturated carbocycles. The van der Waals surface area contributed by atoms with Gasteiger partial charge in [0, 0.05) is 25.1 Å². The van der Waals surface area contributed by atoms with E-state index < -0.39 is 28.8 Å². The first-order valence-corrected chi connectivity index (χ1v) is 12.0. The van der Waals surface area contributed by atoms with Gasteiger partial charge in [0.05, 0.1) is 22.2 Å². The summed E-state index contributed by atoms with van der Waals surface area (Å²) in [6.07, 6.45) is 4.53. The van der Waals surface area contributed by atoms with Crippen LogP contribution in [0.1, 0.15) is 15.3 Å². The lowest BCUT2D eigenvalue weighted by atomic mass is 9.94. The Morgan fingerprint density at radius 1 is 1.14 bits per heavy atom. The maximum atomic E-state index is 13.0.